The van der Waals surface area contributed by atoms with Crippen LogP contribution in [-0.4, -0.2) is 23.8 Å². The van der Waals surface area contributed by atoms with Crippen molar-refractivity contribution in [1.82, 2.24) is 0 Å². The van der Waals surface area contributed by atoms with Crippen LogP contribution in [0.5, 0.6) is 0 Å². The van der Waals surface area contributed by atoms with Gasteiger partial charge in [-0.3, -0.25) is 0 Å². The summed E-state index contributed by atoms with van der Waals surface area (Å²) in [6.45, 7) is 8.13. The van der Waals surface area contributed by atoms with Crippen LogP contribution < -0.4 is 0 Å². The van der Waals surface area contributed by atoms with Crippen LogP contribution in [0.25, 0.3) is 0 Å². The summed E-state index contributed by atoms with van der Waals surface area (Å²) < 4.78 is 4.59. The van der Waals surface area contributed by atoms with Crippen molar-refractivity contribution >= 4 is 5.97 Å². The van der Waals surface area contributed by atoms with Gasteiger partial charge in [-0.2, -0.15) is 0 Å². The maximum absolute atomic E-state index is 11.1. The molecule has 0 heterocycles. The number of allylic oxidation sites excluding steroid dienone is 2. The van der Waals surface area contributed by atoms with Gasteiger partial charge in [-0.1, -0.05) is 39.3 Å². The maximum atomic E-state index is 11.1. The second kappa shape index (κ2) is 5.91. The van der Waals surface area contributed by atoms with Gasteiger partial charge in [0.15, 0.2) is 0 Å². The van der Waals surface area contributed by atoms with Gasteiger partial charge < -0.3 is 9.84 Å². The Hall–Kier alpha value is -1.09. The third-order valence-electron chi connectivity index (χ3n) is 4.42. The topological polar surface area (TPSA) is 46.5 Å². The SMILES string of the molecule is COC(=O)/C=C(C)\C=C\C1(O)C(C)CCCC1(C)C. The van der Waals surface area contributed by atoms with E-state index in [0.29, 0.717) is 0 Å². The molecule has 1 saturated carbocycles. The van der Waals surface area contributed by atoms with Crippen LogP contribution in [0, 0.1) is 11.3 Å². The molecule has 3 nitrogen and oxygen atoms in total. The van der Waals surface area contributed by atoms with E-state index in [1.54, 1.807) is 0 Å². The molecule has 0 aromatic rings. The van der Waals surface area contributed by atoms with Gasteiger partial charge in [0.25, 0.3) is 0 Å². The van der Waals surface area contributed by atoms with E-state index in [0.717, 1.165) is 24.8 Å². The molecular formula is C16H26O3. The number of carbonyl (C=O) groups excluding carboxylic acids is 1. The lowest BCUT2D eigenvalue weighted by atomic mass is 9.60. The molecule has 0 bridgehead atoms. The molecule has 0 saturated heterocycles. The fourth-order valence-corrected chi connectivity index (χ4v) is 2.88. The van der Waals surface area contributed by atoms with Crippen molar-refractivity contribution in [3.8, 4) is 0 Å². The van der Waals surface area contributed by atoms with Crippen LogP contribution in [0.1, 0.15) is 47.0 Å². The number of carbonyl (C=O) groups is 1. The van der Waals surface area contributed by atoms with Gasteiger partial charge in [-0.15, -0.1) is 0 Å². The van der Waals surface area contributed by atoms with Crippen molar-refractivity contribution in [2.75, 3.05) is 7.11 Å². The minimum Gasteiger partial charge on any atom is -0.466 e. The van der Waals surface area contributed by atoms with Crippen LogP contribution in [0.3, 0.4) is 0 Å². The molecule has 2 atom stereocenters. The van der Waals surface area contributed by atoms with Crippen molar-refractivity contribution in [2.24, 2.45) is 11.3 Å². The fraction of sp³-hybridized carbons (Fsp3) is 0.688. The van der Waals surface area contributed by atoms with Gasteiger partial charge in [-0.25, -0.2) is 4.79 Å². The minimum absolute atomic E-state index is 0.146. The molecule has 1 N–H and O–H groups in total. The van der Waals surface area contributed by atoms with Gasteiger partial charge in [0.1, 0.15) is 0 Å². The van der Waals surface area contributed by atoms with Crippen molar-refractivity contribution in [3.05, 3.63) is 23.8 Å². The summed E-state index contributed by atoms with van der Waals surface area (Å²) in [6.07, 6.45) is 8.30. The molecule has 1 rings (SSSR count). The Balaban J connectivity index is 2.94. The Morgan fingerprint density at radius 3 is 2.58 bits per heavy atom. The molecule has 3 heteroatoms. The average molecular weight is 266 g/mol. The van der Waals surface area contributed by atoms with Crippen LogP contribution >= 0.6 is 0 Å². The van der Waals surface area contributed by atoms with Crippen molar-refractivity contribution < 1.29 is 14.6 Å². The van der Waals surface area contributed by atoms with Gasteiger partial charge in [0.2, 0.25) is 0 Å². The molecule has 0 aromatic carbocycles. The quantitative estimate of drug-likeness (QED) is 0.484. The van der Waals surface area contributed by atoms with Crippen LogP contribution in [-0.2, 0) is 9.53 Å². The predicted octanol–water partition coefficient (Wildman–Crippen LogP) is 3.24. The van der Waals surface area contributed by atoms with Crippen LogP contribution in [0.15, 0.2) is 23.8 Å². The van der Waals surface area contributed by atoms with Crippen LogP contribution in [0.2, 0.25) is 0 Å². The summed E-state index contributed by atoms with van der Waals surface area (Å²) in [7, 11) is 1.36. The largest absolute Gasteiger partial charge is 0.466 e. The monoisotopic (exact) mass is 266 g/mol. The van der Waals surface area contributed by atoms with E-state index in [4.69, 9.17) is 0 Å². The van der Waals surface area contributed by atoms with Gasteiger partial charge >= 0.3 is 5.97 Å². The van der Waals surface area contributed by atoms with E-state index < -0.39 is 5.60 Å². The summed E-state index contributed by atoms with van der Waals surface area (Å²) in [5, 5.41) is 11.0. The van der Waals surface area contributed by atoms with E-state index >= 15 is 0 Å². The second-order valence-corrected chi connectivity index (χ2v) is 6.25. The van der Waals surface area contributed by atoms with Crippen LogP contribution in [0.4, 0.5) is 0 Å². The van der Waals surface area contributed by atoms with Gasteiger partial charge in [0.05, 0.1) is 12.7 Å². The summed E-state index contributed by atoms with van der Waals surface area (Å²) in [4.78, 5) is 11.1. The predicted molar refractivity (Wildman–Crippen MR) is 76.7 cm³/mol. The zero-order valence-corrected chi connectivity index (χ0v) is 12.7. The van der Waals surface area contributed by atoms with E-state index in [2.05, 4.69) is 25.5 Å². The number of methoxy groups -OCH3 is 1. The Morgan fingerprint density at radius 2 is 2.05 bits per heavy atom. The van der Waals surface area contributed by atoms with Gasteiger partial charge in [-0.05, 0) is 36.7 Å². The van der Waals surface area contributed by atoms with E-state index in [9.17, 15) is 9.90 Å². The highest BCUT2D eigenvalue weighted by Crippen LogP contribution is 2.47. The molecule has 2 unspecified atom stereocenters. The summed E-state index contributed by atoms with van der Waals surface area (Å²) in [5.74, 6) is -0.150. The fourth-order valence-electron chi connectivity index (χ4n) is 2.88. The number of esters is 1. The van der Waals surface area contributed by atoms with Crippen molar-refractivity contribution in [1.29, 1.82) is 0 Å². The highest BCUT2D eigenvalue weighted by atomic mass is 16.5. The van der Waals surface area contributed by atoms with Gasteiger partial charge in [0, 0.05) is 6.08 Å². The first kappa shape index (κ1) is 16.0. The molecule has 19 heavy (non-hydrogen) atoms. The summed E-state index contributed by atoms with van der Waals surface area (Å²) >= 11 is 0. The molecule has 0 radical (unpaired) electrons. The highest BCUT2D eigenvalue weighted by Gasteiger charge is 2.47. The number of hydrogen-bond acceptors (Lipinski definition) is 3. The normalized spacial score (nSPS) is 31.5. The lowest BCUT2D eigenvalue weighted by Crippen LogP contribution is -2.50. The Bertz CT molecular complexity index is 393. The van der Waals surface area contributed by atoms with E-state index in [1.165, 1.54) is 13.2 Å². The lowest BCUT2D eigenvalue weighted by Gasteiger charge is -2.49. The van der Waals surface area contributed by atoms with E-state index in [1.807, 2.05) is 19.1 Å². The molecule has 1 aliphatic rings. The molecule has 0 aromatic heterocycles. The number of hydrogen-bond donors (Lipinski definition) is 1. The summed E-state index contributed by atoms with van der Waals surface area (Å²) in [5.41, 5.74) is -0.183. The van der Waals surface area contributed by atoms with Crippen molar-refractivity contribution in [3.63, 3.8) is 0 Å². The zero-order valence-electron chi connectivity index (χ0n) is 12.7. The molecule has 0 amide bonds. The minimum atomic E-state index is -0.823. The summed E-state index contributed by atoms with van der Waals surface area (Å²) in [6, 6.07) is 0. The maximum Gasteiger partial charge on any atom is 0.330 e. The molecule has 0 aliphatic heterocycles. The Morgan fingerprint density at radius 1 is 1.42 bits per heavy atom. The number of rotatable bonds is 3. The third-order valence-corrected chi connectivity index (χ3v) is 4.42. The number of aliphatic hydroxyl groups is 1. The molecular weight excluding hydrogens is 240 g/mol. The zero-order chi connectivity index (χ0) is 14.7. The smallest absolute Gasteiger partial charge is 0.330 e. The molecule has 108 valence electrons. The lowest BCUT2D eigenvalue weighted by molar-refractivity contribution is -0.134. The number of ether oxygens (including phenoxy) is 1. The standard InChI is InChI=1S/C16H26O3/c1-12(11-14(17)19-5)8-10-16(18)13(2)7-6-9-15(16,3)4/h8,10-11,13,18H,6-7,9H2,1-5H3/b10-8+,12-11-. The van der Waals surface area contributed by atoms with E-state index in [-0.39, 0.29) is 17.3 Å². The third kappa shape index (κ3) is 3.47. The second-order valence-electron chi connectivity index (χ2n) is 6.25. The Kier molecular flexibility index (Phi) is 4.97. The molecule has 1 fully saturated rings. The first-order chi connectivity index (χ1) is 8.73. The molecule has 0 spiro atoms. The molecule has 1 aliphatic carbocycles. The average Bonchev–Trinajstić information content (AvgIpc) is 2.33. The highest BCUT2D eigenvalue weighted by molar-refractivity contribution is 5.83. The van der Waals surface area contributed by atoms with Crippen molar-refractivity contribution in [2.45, 2.75) is 52.6 Å². The first-order valence-corrected chi connectivity index (χ1v) is 6.91. The Labute approximate surface area is 116 Å². The first-order valence-electron chi connectivity index (χ1n) is 6.91.